The molecular weight excluding hydrogens is 234 g/mol. The minimum Gasteiger partial charge on any atom is -0.476 e. The van der Waals surface area contributed by atoms with E-state index < -0.39 is 5.97 Å². The maximum atomic E-state index is 10.7. The van der Waals surface area contributed by atoms with E-state index in [0.29, 0.717) is 19.0 Å². The Hall–Kier alpha value is -1.69. The molecule has 1 aromatic heterocycles. The number of morpholine rings is 1. The maximum Gasteiger partial charge on any atom is 0.356 e. The lowest BCUT2D eigenvalue weighted by molar-refractivity contribution is -0.0423. The number of carbonyl (C=O) groups is 1. The van der Waals surface area contributed by atoms with Crippen LogP contribution in [0, 0.1) is 0 Å². The van der Waals surface area contributed by atoms with E-state index in [4.69, 9.17) is 9.84 Å². The average Bonchev–Trinajstić information content (AvgIpc) is 2.32. The number of aromatic carboxylic acids is 1. The van der Waals surface area contributed by atoms with Crippen LogP contribution < -0.4 is 4.90 Å². The fraction of sp³-hybridized carbons (Fsp3) is 0.583. The minimum atomic E-state index is -1.07. The van der Waals surface area contributed by atoms with Gasteiger partial charge in [0, 0.05) is 6.54 Å². The normalized spacial score (nSPS) is 22.8. The van der Waals surface area contributed by atoms with Crippen LogP contribution in [0.25, 0.3) is 0 Å². The third-order valence-corrected chi connectivity index (χ3v) is 2.95. The van der Waals surface area contributed by atoms with Crippen molar-refractivity contribution in [2.24, 2.45) is 0 Å². The van der Waals surface area contributed by atoms with Crippen LogP contribution in [0.3, 0.4) is 0 Å². The molecule has 0 saturated carbocycles. The third-order valence-electron chi connectivity index (χ3n) is 2.95. The molecule has 1 aliphatic heterocycles. The highest BCUT2D eigenvalue weighted by Gasteiger charge is 2.32. The maximum absolute atomic E-state index is 10.7. The molecule has 1 atom stereocenters. The van der Waals surface area contributed by atoms with Crippen molar-refractivity contribution in [2.75, 3.05) is 18.1 Å². The average molecular weight is 251 g/mol. The van der Waals surface area contributed by atoms with E-state index in [1.165, 1.54) is 12.4 Å². The van der Waals surface area contributed by atoms with E-state index in [9.17, 15) is 4.79 Å². The second-order valence-electron chi connectivity index (χ2n) is 5.11. The minimum absolute atomic E-state index is 0.0427. The molecule has 1 fully saturated rings. The molecule has 0 spiro atoms. The van der Waals surface area contributed by atoms with Crippen LogP contribution in [0.5, 0.6) is 0 Å². The molecule has 98 valence electrons. The number of carboxylic acids is 1. The second kappa shape index (κ2) is 4.53. The Balaban J connectivity index is 2.21. The number of nitrogens with zero attached hydrogens (tertiary/aromatic N) is 3. The molecule has 2 heterocycles. The Morgan fingerprint density at radius 2 is 2.22 bits per heavy atom. The SMILES string of the molecule is C[C@H]1COC(C)(C)CN1c1cnc(C(=O)O)cn1. The Bertz CT molecular complexity index is 444. The number of ether oxygens (including phenoxy) is 1. The zero-order valence-corrected chi connectivity index (χ0v) is 10.8. The van der Waals surface area contributed by atoms with Crippen molar-refractivity contribution in [1.29, 1.82) is 0 Å². The van der Waals surface area contributed by atoms with Gasteiger partial charge in [-0.25, -0.2) is 14.8 Å². The van der Waals surface area contributed by atoms with Crippen molar-refractivity contribution < 1.29 is 14.6 Å². The zero-order chi connectivity index (χ0) is 13.3. The largest absolute Gasteiger partial charge is 0.476 e. The van der Waals surface area contributed by atoms with E-state index in [1.807, 2.05) is 20.8 Å². The van der Waals surface area contributed by atoms with Gasteiger partial charge in [0.05, 0.1) is 30.6 Å². The van der Waals surface area contributed by atoms with Crippen LogP contribution in [-0.2, 0) is 4.74 Å². The highest BCUT2D eigenvalue weighted by molar-refractivity contribution is 5.84. The van der Waals surface area contributed by atoms with Gasteiger partial charge in [-0.2, -0.15) is 0 Å². The summed E-state index contributed by atoms with van der Waals surface area (Å²) in [6, 6.07) is 0.197. The third kappa shape index (κ3) is 2.59. The summed E-state index contributed by atoms with van der Waals surface area (Å²) < 4.78 is 5.71. The van der Waals surface area contributed by atoms with Crippen LogP contribution in [0.2, 0.25) is 0 Å². The van der Waals surface area contributed by atoms with Gasteiger partial charge in [-0.05, 0) is 20.8 Å². The molecule has 1 N–H and O–H groups in total. The van der Waals surface area contributed by atoms with Gasteiger partial charge >= 0.3 is 5.97 Å². The predicted octanol–water partition coefficient (Wildman–Crippen LogP) is 1.18. The molecule has 0 amide bonds. The first-order valence-electron chi connectivity index (χ1n) is 5.85. The number of hydrogen-bond acceptors (Lipinski definition) is 5. The molecule has 0 aromatic carbocycles. The molecule has 1 aromatic rings. The first kappa shape index (κ1) is 12.8. The highest BCUT2D eigenvalue weighted by atomic mass is 16.5. The zero-order valence-electron chi connectivity index (χ0n) is 10.8. The number of aromatic nitrogens is 2. The number of carboxylic acid groups (broad SMARTS) is 1. The summed E-state index contributed by atoms with van der Waals surface area (Å²) >= 11 is 0. The fourth-order valence-electron chi connectivity index (χ4n) is 1.93. The Morgan fingerprint density at radius 1 is 1.50 bits per heavy atom. The molecule has 1 aliphatic rings. The molecule has 0 unspecified atom stereocenters. The topological polar surface area (TPSA) is 75.5 Å². The quantitative estimate of drug-likeness (QED) is 0.850. The van der Waals surface area contributed by atoms with Crippen molar-refractivity contribution in [3.05, 3.63) is 18.1 Å². The van der Waals surface area contributed by atoms with Crippen molar-refractivity contribution in [2.45, 2.75) is 32.4 Å². The molecule has 0 radical (unpaired) electrons. The van der Waals surface area contributed by atoms with Crippen LogP contribution in [0.15, 0.2) is 12.4 Å². The Morgan fingerprint density at radius 3 is 2.78 bits per heavy atom. The fourth-order valence-corrected chi connectivity index (χ4v) is 1.93. The van der Waals surface area contributed by atoms with Gasteiger partial charge in [0.1, 0.15) is 5.82 Å². The Labute approximate surface area is 106 Å². The molecular formula is C12H17N3O3. The van der Waals surface area contributed by atoms with Crippen LogP contribution in [0.1, 0.15) is 31.3 Å². The van der Waals surface area contributed by atoms with Crippen LogP contribution in [0.4, 0.5) is 5.82 Å². The Kier molecular flexibility index (Phi) is 3.21. The van der Waals surface area contributed by atoms with Crippen molar-refractivity contribution in [3.63, 3.8) is 0 Å². The summed E-state index contributed by atoms with van der Waals surface area (Å²) in [5, 5.41) is 8.79. The van der Waals surface area contributed by atoms with Gasteiger partial charge in [-0.15, -0.1) is 0 Å². The lowest BCUT2D eigenvalue weighted by atomic mass is 10.1. The lowest BCUT2D eigenvalue weighted by Crippen LogP contribution is -2.53. The van der Waals surface area contributed by atoms with Crippen LogP contribution >= 0.6 is 0 Å². The van der Waals surface area contributed by atoms with Gasteiger partial charge < -0.3 is 14.7 Å². The predicted molar refractivity (Wildman–Crippen MR) is 65.8 cm³/mol. The van der Waals surface area contributed by atoms with E-state index >= 15 is 0 Å². The summed E-state index contributed by atoms with van der Waals surface area (Å²) in [5.41, 5.74) is -0.279. The second-order valence-corrected chi connectivity index (χ2v) is 5.11. The summed E-state index contributed by atoms with van der Waals surface area (Å²) in [5.74, 6) is -0.381. The number of hydrogen-bond donors (Lipinski definition) is 1. The van der Waals surface area contributed by atoms with E-state index in [2.05, 4.69) is 14.9 Å². The summed E-state index contributed by atoms with van der Waals surface area (Å²) in [7, 11) is 0. The van der Waals surface area contributed by atoms with Crippen LogP contribution in [-0.4, -0.2) is 45.8 Å². The van der Waals surface area contributed by atoms with Gasteiger partial charge in [0.25, 0.3) is 0 Å². The molecule has 1 saturated heterocycles. The number of anilines is 1. The monoisotopic (exact) mass is 251 g/mol. The van der Waals surface area contributed by atoms with E-state index in [1.54, 1.807) is 0 Å². The van der Waals surface area contributed by atoms with E-state index in [0.717, 1.165) is 0 Å². The number of rotatable bonds is 2. The summed E-state index contributed by atoms with van der Waals surface area (Å²) in [6.07, 6.45) is 2.79. The molecule has 0 bridgehead atoms. The van der Waals surface area contributed by atoms with Gasteiger partial charge in [-0.3, -0.25) is 0 Å². The molecule has 6 heteroatoms. The molecule has 6 nitrogen and oxygen atoms in total. The highest BCUT2D eigenvalue weighted by Crippen LogP contribution is 2.24. The van der Waals surface area contributed by atoms with E-state index in [-0.39, 0.29) is 17.3 Å². The van der Waals surface area contributed by atoms with Crippen molar-refractivity contribution in [3.8, 4) is 0 Å². The van der Waals surface area contributed by atoms with Crippen molar-refractivity contribution in [1.82, 2.24) is 9.97 Å². The molecule has 0 aliphatic carbocycles. The first-order valence-corrected chi connectivity index (χ1v) is 5.85. The summed E-state index contributed by atoms with van der Waals surface area (Å²) in [6.45, 7) is 7.41. The van der Waals surface area contributed by atoms with Gasteiger partial charge in [-0.1, -0.05) is 0 Å². The van der Waals surface area contributed by atoms with Crippen molar-refractivity contribution >= 4 is 11.8 Å². The lowest BCUT2D eigenvalue weighted by Gasteiger charge is -2.42. The summed E-state index contributed by atoms with van der Waals surface area (Å²) in [4.78, 5) is 20.9. The van der Waals surface area contributed by atoms with Gasteiger partial charge in [0.2, 0.25) is 0 Å². The standard InChI is InChI=1S/C12H17N3O3/c1-8-6-18-12(2,3)7-15(8)10-5-13-9(4-14-10)11(16)17/h4-5,8H,6-7H2,1-3H3,(H,16,17)/t8-/m0/s1. The van der Waals surface area contributed by atoms with Gasteiger partial charge in [0.15, 0.2) is 5.69 Å². The molecule has 18 heavy (non-hydrogen) atoms. The molecule has 2 rings (SSSR count). The first-order chi connectivity index (χ1) is 8.39. The smallest absolute Gasteiger partial charge is 0.356 e.